The summed E-state index contributed by atoms with van der Waals surface area (Å²) < 4.78 is 18.7. The van der Waals surface area contributed by atoms with Crippen molar-refractivity contribution in [1.29, 1.82) is 0 Å². The highest BCUT2D eigenvalue weighted by molar-refractivity contribution is 8.00. The summed E-state index contributed by atoms with van der Waals surface area (Å²) in [7, 11) is 7.24. The number of para-hydroxylation sites is 1. The van der Waals surface area contributed by atoms with E-state index in [4.69, 9.17) is 14.2 Å². The van der Waals surface area contributed by atoms with Crippen molar-refractivity contribution in [3.8, 4) is 22.9 Å². The summed E-state index contributed by atoms with van der Waals surface area (Å²) in [4.78, 5) is 3.68. The fourth-order valence-electron chi connectivity index (χ4n) is 4.78. The van der Waals surface area contributed by atoms with Gasteiger partial charge in [-0.2, -0.15) is 0 Å². The quantitative estimate of drug-likeness (QED) is 0.235. The van der Waals surface area contributed by atoms with Crippen molar-refractivity contribution in [2.45, 2.75) is 23.1 Å². The third kappa shape index (κ3) is 5.61. The van der Waals surface area contributed by atoms with Gasteiger partial charge in [-0.15, -0.1) is 24.2 Å². The third-order valence-corrected chi connectivity index (χ3v) is 8.04. The molecule has 37 heavy (non-hydrogen) atoms. The molecule has 0 amide bonds. The van der Waals surface area contributed by atoms with Gasteiger partial charge >= 0.3 is 0 Å². The molecule has 0 saturated carbocycles. The molecule has 0 spiro atoms. The molecule has 0 saturated heterocycles. The van der Waals surface area contributed by atoms with Crippen LogP contribution >= 0.6 is 24.2 Å². The second-order valence-corrected chi connectivity index (χ2v) is 10.1. The van der Waals surface area contributed by atoms with Gasteiger partial charge < -0.3 is 23.7 Å². The summed E-state index contributed by atoms with van der Waals surface area (Å²) >= 11 is 1.92. The van der Waals surface area contributed by atoms with Crippen LogP contribution in [0.3, 0.4) is 0 Å². The van der Waals surface area contributed by atoms with E-state index >= 15 is 0 Å². The molecule has 3 aromatic carbocycles. The molecule has 0 radical (unpaired) electrons. The Morgan fingerprint density at radius 3 is 2.32 bits per heavy atom. The average molecular weight is 537 g/mol. The van der Waals surface area contributed by atoms with E-state index in [0.29, 0.717) is 0 Å². The number of nitrogens with zero attached hydrogens (tertiary/aromatic N) is 2. The minimum absolute atomic E-state index is 0. The lowest BCUT2D eigenvalue weighted by Gasteiger charge is -2.29. The van der Waals surface area contributed by atoms with Crippen LogP contribution in [0.15, 0.2) is 83.8 Å². The number of hydrogen-bond acceptors (Lipinski definition) is 5. The lowest BCUT2D eigenvalue weighted by Crippen LogP contribution is -2.23. The maximum atomic E-state index is 5.47. The molecule has 1 unspecified atom stereocenters. The summed E-state index contributed by atoms with van der Waals surface area (Å²) in [6.45, 7) is 1.80. The van der Waals surface area contributed by atoms with E-state index < -0.39 is 0 Å². The maximum Gasteiger partial charge on any atom is 0.160 e. The van der Waals surface area contributed by atoms with Gasteiger partial charge in [-0.3, -0.25) is 0 Å². The molecule has 1 aliphatic rings. The number of halogens is 1. The Hall–Kier alpha value is -3.06. The number of methoxy groups -OCH3 is 3. The fraction of sp³-hybridized carbons (Fsp3) is 0.267. The molecule has 2 heterocycles. The van der Waals surface area contributed by atoms with Gasteiger partial charge in [-0.05, 0) is 73.1 Å². The predicted octanol–water partition coefficient (Wildman–Crippen LogP) is 6.79. The van der Waals surface area contributed by atoms with Crippen LogP contribution in [0.4, 0.5) is 0 Å². The molecule has 1 aromatic heterocycles. The molecule has 0 N–H and O–H groups in total. The largest absolute Gasteiger partial charge is 0.497 e. The second kappa shape index (κ2) is 12.0. The first-order valence-electron chi connectivity index (χ1n) is 12.1. The molecule has 194 valence electrons. The Labute approximate surface area is 229 Å². The molecule has 0 fully saturated rings. The van der Waals surface area contributed by atoms with E-state index in [9.17, 15) is 0 Å². The van der Waals surface area contributed by atoms with Gasteiger partial charge in [0, 0.05) is 29.4 Å². The van der Waals surface area contributed by atoms with Crippen LogP contribution in [0, 0.1) is 0 Å². The van der Waals surface area contributed by atoms with Crippen LogP contribution < -0.4 is 14.2 Å². The molecule has 5 rings (SSSR count). The number of aromatic nitrogens is 1. The van der Waals surface area contributed by atoms with Gasteiger partial charge in [0.1, 0.15) is 5.75 Å². The first kappa shape index (κ1) is 27.0. The van der Waals surface area contributed by atoms with Gasteiger partial charge in [-0.1, -0.05) is 30.3 Å². The minimum atomic E-state index is 0. The van der Waals surface area contributed by atoms with Gasteiger partial charge in [0.15, 0.2) is 11.5 Å². The number of likely N-dealkylation sites (N-methyl/N-ethyl adjacent to an activating group) is 1. The van der Waals surface area contributed by atoms with E-state index in [1.165, 1.54) is 33.1 Å². The van der Waals surface area contributed by atoms with Gasteiger partial charge in [0.2, 0.25) is 0 Å². The first-order chi connectivity index (χ1) is 17.6. The molecule has 7 heteroatoms. The minimum Gasteiger partial charge on any atom is -0.497 e. The first-order valence-corrected chi connectivity index (χ1v) is 13.0. The Kier molecular flexibility index (Phi) is 8.75. The SMILES string of the molecule is COc1ccc(C2Sc3ccccc3-n3c(CN(C)CCc4ccc(OC)c(OC)c4)ccc32)cc1.Cl. The zero-order valence-electron chi connectivity index (χ0n) is 21.6. The van der Waals surface area contributed by atoms with Crippen molar-refractivity contribution in [3.05, 3.63) is 101 Å². The van der Waals surface area contributed by atoms with Crippen LogP contribution in [0.1, 0.15) is 27.8 Å². The van der Waals surface area contributed by atoms with Crippen LogP contribution in [0.5, 0.6) is 17.2 Å². The Balaban J connectivity index is 0.00000320. The standard InChI is InChI=1S/C30H32N2O3S.ClH/c1-31(18-17-21-9-16-27(34-3)28(19-21)35-4)20-23-12-15-26-30(22-10-13-24(33-2)14-11-22)36-29-8-6-5-7-25(29)32(23)26;/h5-16,19,30H,17-18,20H2,1-4H3;1H. The Bertz CT molecular complexity index is 1340. The summed E-state index contributed by atoms with van der Waals surface area (Å²) in [5.74, 6) is 2.42. The van der Waals surface area contributed by atoms with Gasteiger partial charge in [0.25, 0.3) is 0 Å². The van der Waals surface area contributed by atoms with Gasteiger partial charge in [0.05, 0.1) is 32.3 Å². The normalized spacial score (nSPS) is 13.9. The lowest BCUT2D eigenvalue weighted by molar-refractivity contribution is 0.324. The van der Waals surface area contributed by atoms with Crippen LogP contribution in [0.2, 0.25) is 0 Å². The van der Waals surface area contributed by atoms with E-state index in [1.807, 2.05) is 30.0 Å². The average Bonchev–Trinajstić information content (AvgIpc) is 3.35. The topological polar surface area (TPSA) is 35.9 Å². The number of benzene rings is 3. The van der Waals surface area contributed by atoms with Crippen LogP contribution in [-0.2, 0) is 13.0 Å². The number of rotatable bonds is 9. The second-order valence-electron chi connectivity index (χ2n) is 9.00. The van der Waals surface area contributed by atoms with Crippen molar-refractivity contribution < 1.29 is 14.2 Å². The molecular weight excluding hydrogens is 504 g/mol. The molecule has 0 bridgehead atoms. The highest BCUT2D eigenvalue weighted by Crippen LogP contribution is 2.48. The predicted molar refractivity (Wildman–Crippen MR) is 153 cm³/mol. The van der Waals surface area contributed by atoms with Crippen LogP contribution in [-0.4, -0.2) is 44.4 Å². The van der Waals surface area contributed by atoms with Crippen molar-refractivity contribution in [2.24, 2.45) is 0 Å². The Morgan fingerprint density at radius 2 is 1.59 bits per heavy atom. The van der Waals surface area contributed by atoms with Crippen molar-refractivity contribution in [3.63, 3.8) is 0 Å². The van der Waals surface area contributed by atoms with E-state index in [-0.39, 0.29) is 17.7 Å². The molecule has 1 atom stereocenters. The summed E-state index contributed by atoms with van der Waals surface area (Å²) in [6.07, 6.45) is 0.936. The summed E-state index contributed by atoms with van der Waals surface area (Å²) in [5.41, 5.74) is 6.38. The number of fused-ring (bicyclic) bond motifs is 3. The summed E-state index contributed by atoms with van der Waals surface area (Å²) in [6, 6.07) is 27.9. The smallest absolute Gasteiger partial charge is 0.160 e. The highest BCUT2D eigenvalue weighted by atomic mass is 35.5. The highest BCUT2D eigenvalue weighted by Gasteiger charge is 2.28. The molecule has 4 aromatic rings. The number of ether oxygens (including phenoxy) is 3. The monoisotopic (exact) mass is 536 g/mol. The zero-order chi connectivity index (χ0) is 25.1. The number of hydrogen-bond donors (Lipinski definition) is 0. The van der Waals surface area contributed by atoms with E-state index in [2.05, 4.69) is 77.2 Å². The molecule has 5 nitrogen and oxygen atoms in total. The van der Waals surface area contributed by atoms with Crippen molar-refractivity contribution in [1.82, 2.24) is 9.47 Å². The molecular formula is C30H33ClN2O3S. The lowest BCUT2D eigenvalue weighted by atomic mass is 10.1. The van der Waals surface area contributed by atoms with E-state index in [0.717, 1.165) is 36.8 Å². The van der Waals surface area contributed by atoms with Crippen molar-refractivity contribution in [2.75, 3.05) is 34.9 Å². The fourth-order valence-corrected chi connectivity index (χ4v) is 6.07. The van der Waals surface area contributed by atoms with Crippen LogP contribution in [0.25, 0.3) is 5.69 Å². The van der Waals surface area contributed by atoms with E-state index in [1.54, 1.807) is 21.3 Å². The molecule has 1 aliphatic heterocycles. The Morgan fingerprint density at radius 1 is 0.838 bits per heavy atom. The maximum absolute atomic E-state index is 5.47. The van der Waals surface area contributed by atoms with Gasteiger partial charge in [-0.25, -0.2) is 0 Å². The number of thioether (sulfide) groups is 1. The summed E-state index contributed by atoms with van der Waals surface area (Å²) in [5, 5.41) is 0.233. The van der Waals surface area contributed by atoms with Crippen molar-refractivity contribution >= 4 is 24.2 Å². The molecule has 0 aliphatic carbocycles. The third-order valence-electron chi connectivity index (χ3n) is 6.69. The zero-order valence-corrected chi connectivity index (χ0v) is 23.3.